The monoisotopic (exact) mass is 421 g/mol. The van der Waals surface area contributed by atoms with E-state index in [0.29, 0.717) is 4.88 Å². The van der Waals surface area contributed by atoms with Gasteiger partial charge >= 0.3 is 5.97 Å². The smallest absolute Gasteiger partial charge is 0.309 e. The molecule has 1 aromatic heterocycles. The zero-order valence-electron chi connectivity index (χ0n) is 14.7. The highest BCUT2D eigenvalue weighted by atomic mass is 32.2. The predicted octanol–water partition coefficient (Wildman–Crippen LogP) is 3.70. The number of benzene rings is 1. The Labute approximate surface area is 164 Å². The van der Waals surface area contributed by atoms with Crippen LogP contribution < -0.4 is 4.74 Å². The molecule has 0 atom stereocenters. The second-order valence-electron chi connectivity index (χ2n) is 5.58. The molecule has 0 aliphatic carbocycles. The van der Waals surface area contributed by atoms with Crippen LogP contribution in [0.15, 0.2) is 57.7 Å². The molecule has 2 aromatic rings. The van der Waals surface area contributed by atoms with Gasteiger partial charge in [-0.2, -0.15) is 0 Å². The molecule has 2 heterocycles. The molecule has 0 fully saturated rings. The molecule has 1 aromatic carbocycles. The first-order chi connectivity index (χ1) is 13.3. The molecule has 0 amide bonds. The largest absolute Gasteiger partial charge is 0.466 e. The molecule has 0 N–H and O–H groups in total. The number of nitro benzene ring substituents is 1. The van der Waals surface area contributed by atoms with Crippen molar-refractivity contribution in [3.63, 3.8) is 0 Å². The Balaban J connectivity index is 2.09. The summed E-state index contributed by atoms with van der Waals surface area (Å²) in [6, 6.07) is 6.74. The van der Waals surface area contributed by atoms with E-state index >= 15 is 0 Å². The lowest BCUT2D eigenvalue weighted by atomic mass is 10.2. The first kappa shape index (κ1) is 19.8. The summed E-state index contributed by atoms with van der Waals surface area (Å²) in [4.78, 5) is 22.2. The third kappa shape index (κ3) is 3.82. The molecule has 0 bridgehead atoms. The number of non-ortho nitro benzene ring substituents is 1. The summed E-state index contributed by atoms with van der Waals surface area (Å²) in [6.45, 7) is 1.90. The molecule has 0 spiro atoms. The minimum Gasteiger partial charge on any atom is -0.466 e. The number of carbonyl (C=O) groups is 1. The first-order valence-corrected chi connectivity index (χ1v) is 10.5. The Hall–Kier alpha value is -2.98. The number of nitrogens with zero attached hydrogens (tertiary/aromatic N) is 1. The van der Waals surface area contributed by atoms with Gasteiger partial charge in [-0.3, -0.25) is 14.9 Å². The van der Waals surface area contributed by atoms with Gasteiger partial charge in [0.05, 0.1) is 28.9 Å². The fourth-order valence-electron chi connectivity index (χ4n) is 2.54. The average molecular weight is 421 g/mol. The normalized spacial score (nSPS) is 15.2. The van der Waals surface area contributed by atoms with Gasteiger partial charge in [0, 0.05) is 6.07 Å². The van der Waals surface area contributed by atoms with Crippen LogP contribution >= 0.6 is 11.3 Å². The van der Waals surface area contributed by atoms with E-state index in [1.165, 1.54) is 23.5 Å². The van der Waals surface area contributed by atoms with Gasteiger partial charge in [-0.05, 0) is 30.5 Å². The zero-order valence-corrected chi connectivity index (χ0v) is 16.3. The SMILES string of the molecule is CCOC(=O)C/C=C/C1=C(c2cccs2)Oc2cc([N+](=O)[O-])ccc2S1(=O)=O. The Morgan fingerprint density at radius 2 is 2.14 bits per heavy atom. The van der Waals surface area contributed by atoms with E-state index in [1.54, 1.807) is 24.4 Å². The van der Waals surface area contributed by atoms with Crippen molar-refractivity contribution in [1.29, 1.82) is 0 Å². The fourth-order valence-corrected chi connectivity index (χ4v) is 4.84. The van der Waals surface area contributed by atoms with Crippen molar-refractivity contribution in [1.82, 2.24) is 0 Å². The standard InChI is InChI=1S/C18H15NO7S2/c1-2-25-17(20)7-3-6-16-18(14-5-4-10-27-14)26-13-11-12(19(21)22)8-9-15(13)28(16,23)24/h3-6,8-11H,2,7H2,1H3/b6-3+. The van der Waals surface area contributed by atoms with Gasteiger partial charge in [0.15, 0.2) is 11.5 Å². The Morgan fingerprint density at radius 1 is 1.36 bits per heavy atom. The van der Waals surface area contributed by atoms with E-state index in [4.69, 9.17) is 9.47 Å². The molecule has 28 heavy (non-hydrogen) atoms. The third-order valence-corrected chi connectivity index (χ3v) is 6.44. The lowest BCUT2D eigenvalue weighted by Crippen LogP contribution is -2.15. The number of thiophene rings is 1. The molecule has 0 saturated heterocycles. The molecular weight excluding hydrogens is 406 g/mol. The van der Waals surface area contributed by atoms with Crippen LogP contribution in [0.4, 0.5) is 5.69 Å². The third-order valence-electron chi connectivity index (χ3n) is 3.76. The van der Waals surface area contributed by atoms with Crippen molar-refractivity contribution in [2.24, 2.45) is 0 Å². The number of sulfone groups is 1. The number of hydrogen-bond acceptors (Lipinski definition) is 8. The van der Waals surface area contributed by atoms with Crippen molar-refractivity contribution in [2.45, 2.75) is 18.2 Å². The number of carbonyl (C=O) groups excluding carboxylic acids is 1. The number of esters is 1. The Bertz CT molecular complexity index is 1080. The van der Waals surface area contributed by atoms with Crippen molar-refractivity contribution >= 4 is 38.6 Å². The molecule has 8 nitrogen and oxygen atoms in total. The molecule has 0 radical (unpaired) electrons. The first-order valence-electron chi connectivity index (χ1n) is 8.16. The van der Waals surface area contributed by atoms with Crippen LogP contribution in [0.1, 0.15) is 18.2 Å². The quantitative estimate of drug-likeness (QED) is 0.397. The summed E-state index contributed by atoms with van der Waals surface area (Å²) in [5, 5.41) is 12.8. The van der Waals surface area contributed by atoms with Crippen LogP contribution in [0.3, 0.4) is 0 Å². The molecule has 1 aliphatic rings. The number of fused-ring (bicyclic) bond motifs is 1. The molecule has 3 rings (SSSR count). The lowest BCUT2D eigenvalue weighted by molar-refractivity contribution is -0.385. The summed E-state index contributed by atoms with van der Waals surface area (Å²) in [5.41, 5.74) is -0.277. The van der Waals surface area contributed by atoms with Gasteiger partial charge in [-0.25, -0.2) is 8.42 Å². The van der Waals surface area contributed by atoms with E-state index in [1.807, 2.05) is 0 Å². The van der Waals surface area contributed by atoms with Crippen molar-refractivity contribution in [2.75, 3.05) is 6.61 Å². The minimum atomic E-state index is -4.01. The molecule has 10 heteroatoms. The lowest BCUT2D eigenvalue weighted by Gasteiger charge is -2.21. The summed E-state index contributed by atoms with van der Waals surface area (Å²) in [5.74, 6) is -0.537. The number of rotatable bonds is 6. The molecule has 146 valence electrons. The maximum Gasteiger partial charge on any atom is 0.309 e. The highest BCUT2D eigenvalue weighted by Gasteiger charge is 2.34. The highest BCUT2D eigenvalue weighted by molar-refractivity contribution is 7.95. The molecule has 0 saturated carbocycles. The highest BCUT2D eigenvalue weighted by Crippen LogP contribution is 2.42. The second-order valence-corrected chi connectivity index (χ2v) is 8.41. The Morgan fingerprint density at radius 3 is 2.79 bits per heavy atom. The summed E-state index contributed by atoms with van der Waals surface area (Å²) >= 11 is 1.26. The Kier molecular flexibility index (Phi) is 5.61. The number of nitro groups is 1. The number of hydrogen-bond donors (Lipinski definition) is 0. The zero-order chi connectivity index (χ0) is 20.3. The fraction of sp³-hybridized carbons (Fsp3) is 0.167. The van der Waals surface area contributed by atoms with Gasteiger partial charge in [0.2, 0.25) is 9.84 Å². The van der Waals surface area contributed by atoms with Crippen molar-refractivity contribution < 1.29 is 27.6 Å². The molecule has 1 aliphatic heterocycles. The van der Waals surface area contributed by atoms with E-state index in [0.717, 1.165) is 18.2 Å². The summed E-state index contributed by atoms with van der Waals surface area (Å²) in [7, 11) is -4.01. The maximum absolute atomic E-state index is 13.1. The van der Waals surface area contributed by atoms with Crippen LogP contribution in [0.5, 0.6) is 5.75 Å². The van der Waals surface area contributed by atoms with Gasteiger partial charge in [0.1, 0.15) is 9.80 Å². The van der Waals surface area contributed by atoms with Crippen molar-refractivity contribution in [3.05, 3.63) is 67.8 Å². The maximum atomic E-state index is 13.1. The minimum absolute atomic E-state index is 0.0584. The van der Waals surface area contributed by atoms with E-state index < -0.39 is 20.7 Å². The van der Waals surface area contributed by atoms with Gasteiger partial charge in [0.25, 0.3) is 5.69 Å². The van der Waals surface area contributed by atoms with Crippen LogP contribution in [-0.4, -0.2) is 25.9 Å². The van der Waals surface area contributed by atoms with Crippen LogP contribution in [0, 0.1) is 10.1 Å². The summed E-state index contributed by atoms with van der Waals surface area (Å²) < 4.78 is 36.8. The van der Waals surface area contributed by atoms with E-state index in [9.17, 15) is 23.3 Å². The molecular formula is C18H15NO7S2. The average Bonchev–Trinajstić information content (AvgIpc) is 3.17. The number of allylic oxidation sites excluding steroid dienone is 1. The second kappa shape index (κ2) is 7.95. The van der Waals surface area contributed by atoms with Crippen LogP contribution in [0.2, 0.25) is 0 Å². The molecule has 0 unspecified atom stereocenters. The predicted molar refractivity (Wildman–Crippen MR) is 103 cm³/mol. The van der Waals surface area contributed by atoms with Crippen LogP contribution in [0.25, 0.3) is 5.76 Å². The van der Waals surface area contributed by atoms with Crippen LogP contribution in [-0.2, 0) is 19.4 Å². The van der Waals surface area contributed by atoms with Gasteiger partial charge in [-0.15, -0.1) is 11.3 Å². The van der Waals surface area contributed by atoms with Crippen molar-refractivity contribution in [3.8, 4) is 5.75 Å². The van der Waals surface area contributed by atoms with E-state index in [2.05, 4.69) is 0 Å². The number of ether oxygens (including phenoxy) is 2. The van der Waals surface area contributed by atoms with Gasteiger partial charge < -0.3 is 9.47 Å². The van der Waals surface area contributed by atoms with Gasteiger partial charge in [-0.1, -0.05) is 12.1 Å². The topological polar surface area (TPSA) is 113 Å². The van der Waals surface area contributed by atoms with E-state index in [-0.39, 0.29) is 40.0 Å². The summed E-state index contributed by atoms with van der Waals surface area (Å²) in [6.07, 6.45) is 2.58.